The molecule has 1 heterocycles. The maximum absolute atomic E-state index is 12.7. The minimum atomic E-state index is -3.62. The molecule has 0 radical (unpaired) electrons. The Bertz CT molecular complexity index is 961. The van der Waals surface area contributed by atoms with Crippen LogP contribution in [0, 0.1) is 17.2 Å². The first-order chi connectivity index (χ1) is 14.0. The maximum atomic E-state index is 12.7. The van der Waals surface area contributed by atoms with Gasteiger partial charge in [0, 0.05) is 19.0 Å². The van der Waals surface area contributed by atoms with Gasteiger partial charge in [0.1, 0.15) is 12.4 Å². The molecule has 1 amide bonds. The Labute approximate surface area is 171 Å². The van der Waals surface area contributed by atoms with E-state index in [4.69, 9.17) is 10.00 Å². The van der Waals surface area contributed by atoms with E-state index in [-0.39, 0.29) is 16.7 Å². The van der Waals surface area contributed by atoms with Crippen LogP contribution >= 0.6 is 0 Å². The number of ether oxygens (including phenoxy) is 1. The fourth-order valence-electron chi connectivity index (χ4n) is 3.21. The number of carbonyl (C=O) groups is 1. The molecule has 1 aliphatic rings. The lowest BCUT2D eigenvalue weighted by Gasteiger charge is -2.30. The van der Waals surface area contributed by atoms with Crippen LogP contribution in [0.1, 0.15) is 18.4 Å². The van der Waals surface area contributed by atoms with Gasteiger partial charge in [-0.2, -0.15) is 9.57 Å². The molecule has 152 valence electrons. The number of nitriles is 1. The predicted molar refractivity (Wildman–Crippen MR) is 108 cm³/mol. The Hall–Kier alpha value is -2.89. The van der Waals surface area contributed by atoms with Gasteiger partial charge < -0.3 is 10.1 Å². The zero-order valence-corrected chi connectivity index (χ0v) is 16.8. The minimum absolute atomic E-state index is 0.0721. The first-order valence-electron chi connectivity index (χ1n) is 9.46. The van der Waals surface area contributed by atoms with Crippen molar-refractivity contribution in [3.8, 4) is 11.8 Å². The fourth-order valence-corrected chi connectivity index (χ4v) is 4.68. The zero-order valence-electron chi connectivity index (χ0n) is 16.0. The number of hydrogen-bond donors (Lipinski definition) is 1. The highest BCUT2D eigenvalue weighted by molar-refractivity contribution is 7.89. The Kier molecular flexibility index (Phi) is 6.86. The van der Waals surface area contributed by atoms with Gasteiger partial charge in [0.2, 0.25) is 15.9 Å². The number of benzene rings is 2. The highest BCUT2D eigenvalue weighted by Gasteiger charge is 2.31. The topological polar surface area (TPSA) is 99.5 Å². The van der Waals surface area contributed by atoms with Crippen LogP contribution < -0.4 is 10.1 Å². The summed E-state index contributed by atoms with van der Waals surface area (Å²) >= 11 is 0. The van der Waals surface area contributed by atoms with Crippen LogP contribution in [0.4, 0.5) is 0 Å². The Morgan fingerprint density at radius 3 is 2.38 bits per heavy atom. The van der Waals surface area contributed by atoms with Crippen molar-refractivity contribution in [2.45, 2.75) is 17.7 Å². The van der Waals surface area contributed by atoms with E-state index in [9.17, 15) is 13.2 Å². The third-order valence-corrected chi connectivity index (χ3v) is 6.77. The van der Waals surface area contributed by atoms with Gasteiger partial charge in [0.05, 0.1) is 23.1 Å². The Balaban J connectivity index is 1.45. The molecule has 2 aromatic carbocycles. The average Bonchev–Trinajstić information content (AvgIpc) is 2.77. The lowest BCUT2D eigenvalue weighted by atomic mass is 9.97. The molecule has 7 nitrogen and oxygen atoms in total. The first kappa shape index (κ1) is 20.8. The second-order valence-electron chi connectivity index (χ2n) is 6.77. The third-order valence-electron chi connectivity index (χ3n) is 4.86. The van der Waals surface area contributed by atoms with Crippen LogP contribution in [-0.4, -0.2) is 44.9 Å². The average molecular weight is 413 g/mol. The van der Waals surface area contributed by atoms with E-state index in [2.05, 4.69) is 5.32 Å². The largest absolute Gasteiger partial charge is 0.492 e. The van der Waals surface area contributed by atoms with Crippen LogP contribution in [0.2, 0.25) is 0 Å². The Morgan fingerprint density at radius 1 is 1.10 bits per heavy atom. The van der Waals surface area contributed by atoms with Gasteiger partial charge in [-0.1, -0.05) is 18.2 Å². The molecule has 29 heavy (non-hydrogen) atoms. The van der Waals surface area contributed by atoms with E-state index in [1.165, 1.54) is 28.6 Å². The number of piperidine rings is 1. The molecular formula is C21H23N3O4S. The molecule has 3 rings (SSSR count). The van der Waals surface area contributed by atoms with E-state index in [1.54, 1.807) is 0 Å². The Morgan fingerprint density at radius 2 is 1.76 bits per heavy atom. The summed E-state index contributed by atoms with van der Waals surface area (Å²) in [5, 5.41) is 11.7. The summed E-state index contributed by atoms with van der Waals surface area (Å²) in [5.74, 6) is 0.472. The summed E-state index contributed by atoms with van der Waals surface area (Å²) in [6.45, 7) is 1.36. The SMILES string of the molecule is N#Cc1ccc(S(=O)(=O)N2CCC(C(=O)NCCOc3ccccc3)CC2)cc1. The van der Waals surface area contributed by atoms with Crippen molar-refractivity contribution in [2.75, 3.05) is 26.2 Å². The van der Waals surface area contributed by atoms with Crippen LogP contribution in [0.15, 0.2) is 59.5 Å². The molecule has 0 atom stereocenters. The van der Waals surface area contributed by atoms with Gasteiger partial charge in [-0.3, -0.25) is 4.79 Å². The molecule has 1 saturated heterocycles. The van der Waals surface area contributed by atoms with Crippen LogP contribution in [0.5, 0.6) is 5.75 Å². The van der Waals surface area contributed by atoms with Gasteiger partial charge in [-0.05, 0) is 49.2 Å². The number of rotatable bonds is 7. The molecule has 8 heteroatoms. The second-order valence-corrected chi connectivity index (χ2v) is 8.71. The van der Waals surface area contributed by atoms with Crippen molar-refractivity contribution >= 4 is 15.9 Å². The van der Waals surface area contributed by atoms with Gasteiger partial charge >= 0.3 is 0 Å². The normalized spacial score (nSPS) is 15.4. The van der Waals surface area contributed by atoms with Gasteiger partial charge in [0.25, 0.3) is 0 Å². The van der Waals surface area contributed by atoms with Crippen LogP contribution in [-0.2, 0) is 14.8 Å². The van der Waals surface area contributed by atoms with E-state index in [1.807, 2.05) is 36.4 Å². The van der Waals surface area contributed by atoms with Gasteiger partial charge in [0.15, 0.2) is 0 Å². The standard InChI is InChI=1S/C21H23N3O4S/c22-16-17-6-8-20(9-7-17)29(26,27)24-13-10-18(11-14-24)21(25)23-12-15-28-19-4-2-1-3-5-19/h1-9,18H,10-15H2,(H,23,25). The molecule has 2 aromatic rings. The highest BCUT2D eigenvalue weighted by atomic mass is 32.2. The van der Waals surface area contributed by atoms with Gasteiger partial charge in [-0.15, -0.1) is 0 Å². The molecule has 0 saturated carbocycles. The third kappa shape index (κ3) is 5.34. The van der Waals surface area contributed by atoms with Crippen molar-refractivity contribution in [3.63, 3.8) is 0 Å². The number of carbonyl (C=O) groups excluding carboxylic acids is 1. The summed E-state index contributed by atoms with van der Waals surface area (Å²) in [7, 11) is -3.62. The number of amides is 1. The molecule has 0 bridgehead atoms. The number of nitrogens with one attached hydrogen (secondary N) is 1. The number of nitrogens with zero attached hydrogens (tertiary/aromatic N) is 2. The minimum Gasteiger partial charge on any atom is -0.492 e. The van der Waals surface area contributed by atoms with E-state index < -0.39 is 10.0 Å². The lowest BCUT2D eigenvalue weighted by molar-refractivity contribution is -0.126. The first-order valence-corrected chi connectivity index (χ1v) is 10.9. The number of hydrogen-bond acceptors (Lipinski definition) is 5. The van der Waals surface area contributed by atoms with Crippen molar-refractivity contribution in [1.29, 1.82) is 5.26 Å². The van der Waals surface area contributed by atoms with Crippen molar-refractivity contribution in [2.24, 2.45) is 5.92 Å². The monoisotopic (exact) mass is 413 g/mol. The van der Waals surface area contributed by atoms with Crippen molar-refractivity contribution in [3.05, 3.63) is 60.2 Å². The molecule has 0 spiro atoms. The second kappa shape index (κ2) is 9.54. The maximum Gasteiger partial charge on any atom is 0.243 e. The summed E-state index contributed by atoms with van der Waals surface area (Å²) in [6.07, 6.45) is 0.946. The van der Waals surface area contributed by atoms with Crippen molar-refractivity contribution < 1.29 is 17.9 Å². The summed E-state index contributed by atoms with van der Waals surface area (Å²) in [6, 6.07) is 17.2. The zero-order chi connectivity index (χ0) is 20.7. The molecule has 1 N–H and O–H groups in total. The fraction of sp³-hybridized carbons (Fsp3) is 0.333. The highest BCUT2D eigenvalue weighted by Crippen LogP contribution is 2.24. The molecule has 0 aromatic heterocycles. The summed E-state index contributed by atoms with van der Waals surface area (Å²) in [5.41, 5.74) is 0.413. The lowest BCUT2D eigenvalue weighted by Crippen LogP contribution is -2.43. The number of para-hydroxylation sites is 1. The number of sulfonamides is 1. The van der Waals surface area contributed by atoms with E-state index in [0.29, 0.717) is 44.6 Å². The quantitative estimate of drug-likeness (QED) is 0.701. The van der Waals surface area contributed by atoms with Crippen molar-refractivity contribution in [1.82, 2.24) is 9.62 Å². The summed E-state index contributed by atoms with van der Waals surface area (Å²) in [4.78, 5) is 12.5. The molecule has 0 unspecified atom stereocenters. The van der Waals surface area contributed by atoms with Gasteiger partial charge in [-0.25, -0.2) is 8.42 Å². The molecule has 0 aliphatic carbocycles. The molecule has 1 aliphatic heterocycles. The van der Waals surface area contributed by atoms with Crippen LogP contribution in [0.25, 0.3) is 0 Å². The predicted octanol–water partition coefficient (Wildman–Crippen LogP) is 2.15. The smallest absolute Gasteiger partial charge is 0.243 e. The molecule has 1 fully saturated rings. The molecular weight excluding hydrogens is 390 g/mol. The van der Waals surface area contributed by atoms with E-state index >= 15 is 0 Å². The van der Waals surface area contributed by atoms with E-state index in [0.717, 1.165) is 5.75 Å². The van der Waals surface area contributed by atoms with Crippen LogP contribution in [0.3, 0.4) is 0 Å². The summed E-state index contributed by atoms with van der Waals surface area (Å²) < 4.78 is 32.4.